The van der Waals surface area contributed by atoms with Gasteiger partial charge >= 0.3 is 0 Å². The lowest BCUT2D eigenvalue weighted by Gasteiger charge is -2.05. The van der Waals surface area contributed by atoms with E-state index in [2.05, 4.69) is 21.3 Å². The first kappa shape index (κ1) is 15.9. The Morgan fingerprint density at radius 3 is 3.00 bits per heavy atom. The Morgan fingerprint density at radius 1 is 1.24 bits per heavy atom. The van der Waals surface area contributed by atoms with E-state index in [0.29, 0.717) is 17.5 Å². The molecule has 4 heteroatoms. The summed E-state index contributed by atoms with van der Waals surface area (Å²) in [5, 5.41) is 4.68. The van der Waals surface area contributed by atoms with Crippen LogP contribution in [0.2, 0.25) is 0 Å². The monoisotopic (exact) mass is 333 g/mol. The molecule has 3 aromatic rings. The number of aromatic amines is 1. The van der Waals surface area contributed by atoms with Crippen LogP contribution in [0, 0.1) is 18.3 Å². The van der Waals surface area contributed by atoms with Crippen LogP contribution >= 0.6 is 0 Å². The van der Waals surface area contributed by atoms with Crippen molar-refractivity contribution >= 4 is 16.6 Å². The summed E-state index contributed by atoms with van der Waals surface area (Å²) in [4.78, 5) is 6.85. The van der Waals surface area contributed by atoms with E-state index >= 15 is 0 Å². The van der Waals surface area contributed by atoms with Crippen molar-refractivity contribution in [3.63, 3.8) is 0 Å². The molecule has 0 spiro atoms. The van der Waals surface area contributed by atoms with Gasteiger partial charge in [-0.25, -0.2) is 9.24 Å². The van der Waals surface area contributed by atoms with Crippen molar-refractivity contribution in [2.75, 3.05) is 13.1 Å². The van der Waals surface area contributed by atoms with Crippen LogP contribution in [0.25, 0.3) is 15.7 Å². The van der Waals surface area contributed by atoms with Gasteiger partial charge < -0.3 is 10.3 Å². The molecule has 3 nitrogen and oxygen atoms in total. The molecule has 25 heavy (non-hydrogen) atoms. The van der Waals surface area contributed by atoms with Crippen molar-refractivity contribution in [1.82, 2.24) is 10.3 Å². The highest BCUT2D eigenvalue weighted by molar-refractivity contribution is 5.87. The van der Waals surface area contributed by atoms with Gasteiger partial charge in [-0.3, -0.25) is 0 Å². The third-order valence-electron chi connectivity index (χ3n) is 5.03. The molecule has 0 saturated heterocycles. The second-order valence-corrected chi connectivity index (χ2v) is 6.77. The van der Waals surface area contributed by atoms with Crippen molar-refractivity contribution in [3.8, 4) is 0 Å². The molecule has 2 N–H and O–H groups in total. The normalized spacial score (nSPS) is 19.0. The minimum absolute atomic E-state index is 0.169. The summed E-state index contributed by atoms with van der Waals surface area (Å²) in [5.41, 5.74) is 4.16. The van der Waals surface area contributed by atoms with E-state index in [1.165, 1.54) is 23.4 Å². The van der Waals surface area contributed by atoms with Crippen molar-refractivity contribution in [3.05, 3.63) is 77.0 Å². The Kier molecular flexibility index (Phi) is 4.25. The summed E-state index contributed by atoms with van der Waals surface area (Å²) < 4.78 is 13.2. The van der Waals surface area contributed by atoms with Crippen LogP contribution in [0.15, 0.2) is 48.7 Å². The first-order chi connectivity index (χ1) is 12.2. The molecule has 4 rings (SSSR count). The van der Waals surface area contributed by atoms with Gasteiger partial charge in [-0.2, -0.15) is 0 Å². The van der Waals surface area contributed by atoms with Gasteiger partial charge in [0.15, 0.2) is 5.69 Å². The average Bonchev–Trinajstić information content (AvgIpc) is 3.27. The number of nitrogens with zero attached hydrogens (tertiary/aromatic N) is 1. The molecule has 1 aliphatic rings. The lowest BCUT2D eigenvalue weighted by Crippen LogP contribution is -2.20. The third-order valence-corrected chi connectivity index (χ3v) is 5.03. The first-order valence-corrected chi connectivity index (χ1v) is 8.68. The van der Waals surface area contributed by atoms with Gasteiger partial charge in [-0.15, -0.1) is 0 Å². The lowest BCUT2D eigenvalue weighted by molar-refractivity contribution is 0.614. The molecular formula is C21H20FN3. The number of hydrogen-bond donors (Lipinski definition) is 2. The number of benzene rings is 2. The zero-order chi connectivity index (χ0) is 17.2. The number of halogens is 1. The zero-order valence-corrected chi connectivity index (χ0v) is 13.9. The molecule has 1 fully saturated rings. The summed E-state index contributed by atoms with van der Waals surface area (Å²) in [6.07, 6.45) is 4.12. The van der Waals surface area contributed by atoms with Crippen LogP contribution in [0.3, 0.4) is 0 Å². The minimum Gasteiger partial charge on any atom is -0.361 e. The second-order valence-electron chi connectivity index (χ2n) is 6.77. The van der Waals surface area contributed by atoms with E-state index in [0.717, 1.165) is 30.6 Å². The maximum absolute atomic E-state index is 13.2. The highest BCUT2D eigenvalue weighted by Gasteiger charge is 2.39. The molecule has 0 aliphatic heterocycles. The van der Waals surface area contributed by atoms with Gasteiger partial charge in [0, 0.05) is 11.7 Å². The number of nitrogens with one attached hydrogen (secondary N) is 2. The number of aromatic nitrogens is 1. The second kappa shape index (κ2) is 6.70. The minimum atomic E-state index is -0.169. The molecule has 126 valence electrons. The Hall–Kier alpha value is -2.64. The molecule has 1 aliphatic carbocycles. The summed E-state index contributed by atoms with van der Waals surface area (Å²) in [6, 6.07) is 12.6. The third kappa shape index (κ3) is 3.42. The molecular weight excluding hydrogens is 313 g/mol. The molecule has 2 atom stereocenters. The van der Waals surface area contributed by atoms with E-state index in [1.807, 2.05) is 24.3 Å². The quantitative estimate of drug-likeness (QED) is 0.493. The smallest absolute Gasteiger partial charge is 0.187 e. The molecule has 0 radical (unpaired) electrons. The van der Waals surface area contributed by atoms with Crippen LogP contribution in [-0.2, 0) is 6.42 Å². The van der Waals surface area contributed by atoms with Crippen molar-refractivity contribution in [2.24, 2.45) is 5.92 Å². The first-order valence-electron chi connectivity index (χ1n) is 8.68. The van der Waals surface area contributed by atoms with Crippen molar-refractivity contribution in [2.45, 2.75) is 18.8 Å². The fraction of sp³-hybridized carbons (Fsp3) is 0.286. The van der Waals surface area contributed by atoms with Gasteiger partial charge in [0.2, 0.25) is 0 Å². The van der Waals surface area contributed by atoms with Crippen LogP contribution in [0.4, 0.5) is 10.1 Å². The number of H-pyrrole nitrogens is 1. The standard InChI is InChI=1S/C21H20FN3/c1-23-17-5-6-21-19(11-17)20(13-25-21)18-10-15(18)12-24-8-7-14-3-2-4-16(22)9-14/h2-6,9,11,13,15,18,24-25H,7-8,10,12H2. The summed E-state index contributed by atoms with van der Waals surface area (Å²) in [7, 11) is 0. The molecule has 2 aromatic carbocycles. The van der Waals surface area contributed by atoms with Crippen molar-refractivity contribution in [1.29, 1.82) is 0 Å². The Labute approximate surface area is 146 Å². The Bertz CT molecular complexity index is 938. The van der Waals surface area contributed by atoms with E-state index in [4.69, 9.17) is 6.57 Å². The van der Waals surface area contributed by atoms with Crippen LogP contribution in [0.1, 0.15) is 23.5 Å². The van der Waals surface area contributed by atoms with E-state index in [-0.39, 0.29) is 5.82 Å². The predicted molar refractivity (Wildman–Crippen MR) is 98.4 cm³/mol. The summed E-state index contributed by atoms with van der Waals surface area (Å²) in [5.74, 6) is 1.04. The van der Waals surface area contributed by atoms with Gasteiger partial charge in [0.25, 0.3) is 0 Å². The fourth-order valence-corrected chi connectivity index (χ4v) is 3.57. The summed E-state index contributed by atoms with van der Waals surface area (Å²) in [6.45, 7) is 9.03. The number of fused-ring (bicyclic) bond motifs is 1. The van der Waals surface area contributed by atoms with Crippen LogP contribution in [0.5, 0.6) is 0 Å². The molecule has 1 saturated carbocycles. The predicted octanol–water partition coefficient (Wildman–Crippen LogP) is 4.79. The van der Waals surface area contributed by atoms with Crippen LogP contribution < -0.4 is 5.32 Å². The van der Waals surface area contributed by atoms with Gasteiger partial charge in [0.05, 0.1) is 6.57 Å². The van der Waals surface area contributed by atoms with Gasteiger partial charge in [-0.1, -0.05) is 18.2 Å². The number of hydrogen-bond acceptors (Lipinski definition) is 1. The van der Waals surface area contributed by atoms with E-state index in [1.54, 1.807) is 12.1 Å². The highest BCUT2D eigenvalue weighted by atomic mass is 19.1. The zero-order valence-electron chi connectivity index (χ0n) is 13.9. The SMILES string of the molecule is [C-]#[N+]c1ccc2[nH]cc(C3CC3CNCCc3cccc(F)c3)c2c1. The van der Waals surface area contributed by atoms with Crippen LogP contribution in [-0.4, -0.2) is 18.1 Å². The summed E-state index contributed by atoms with van der Waals surface area (Å²) >= 11 is 0. The highest BCUT2D eigenvalue weighted by Crippen LogP contribution is 2.49. The molecule has 2 unspecified atom stereocenters. The fourth-order valence-electron chi connectivity index (χ4n) is 3.57. The van der Waals surface area contributed by atoms with Crippen molar-refractivity contribution < 1.29 is 4.39 Å². The van der Waals surface area contributed by atoms with Gasteiger partial charge in [0.1, 0.15) is 5.82 Å². The van der Waals surface area contributed by atoms with E-state index in [9.17, 15) is 4.39 Å². The Balaban J connectivity index is 1.32. The average molecular weight is 333 g/mol. The maximum Gasteiger partial charge on any atom is 0.187 e. The molecule has 1 aromatic heterocycles. The maximum atomic E-state index is 13.2. The molecule has 1 heterocycles. The van der Waals surface area contributed by atoms with E-state index < -0.39 is 0 Å². The molecule has 0 bridgehead atoms. The van der Waals surface area contributed by atoms with Gasteiger partial charge in [-0.05, 0) is 78.5 Å². The lowest BCUT2D eigenvalue weighted by atomic mass is 10.1. The molecule has 0 amide bonds. The largest absolute Gasteiger partial charge is 0.361 e. The topological polar surface area (TPSA) is 32.2 Å². The number of rotatable bonds is 6. The Morgan fingerprint density at radius 2 is 2.16 bits per heavy atom.